The third kappa shape index (κ3) is 5.01. The predicted molar refractivity (Wildman–Crippen MR) is 81.0 cm³/mol. The highest BCUT2D eigenvalue weighted by atomic mass is 16.6. The summed E-state index contributed by atoms with van der Waals surface area (Å²) in [4.78, 5) is 30.4. The maximum Gasteiger partial charge on any atom is 0.410 e. The highest BCUT2D eigenvalue weighted by Crippen LogP contribution is 2.26. The topological polar surface area (TPSA) is 63.7 Å². The average Bonchev–Trinajstić information content (AvgIpc) is 2.45. The number of rotatable bonds is 1. The predicted octanol–water partition coefficient (Wildman–Crippen LogP) is 3.17. The minimum atomic E-state index is -0.438. The lowest BCUT2D eigenvalue weighted by Crippen LogP contribution is -2.46. The summed E-state index contributed by atoms with van der Waals surface area (Å²) in [6.45, 7) is 8.50. The van der Waals surface area contributed by atoms with Gasteiger partial charge in [0.25, 0.3) is 0 Å². The highest BCUT2D eigenvalue weighted by Gasteiger charge is 2.31. The molecule has 0 saturated carbocycles. The molecule has 1 aliphatic rings. The van der Waals surface area contributed by atoms with Gasteiger partial charge in [0.15, 0.2) is 0 Å². The van der Waals surface area contributed by atoms with Crippen LogP contribution in [-0.4, -0.2) is 28.8 Å². The smallest absolute Gasteiger partial charge is 0.410 e. The van der Waals surface area contributed by atoms with E-state index >= 15 is 0 Å². The Morgan fingerprint density at radius 1 is 1.27 bits per heavy atom. The Morgan fingerprint density at radius 3 is 2.32 bits per heavy atom. The second kappa shape index (κ2) is 7.76. The van der Waals surface area contributed by atoms with E-state index in [4.69, 9.17) is 14.3 Å². The van der Waals surface area contributed by atoms with Crippen molar-refractivity contribution in [2.45, 2.75) is 58.7 Å². The van der Waals surface area contributed by atoms with Crippen molar-refractivity contribution in [3.8, 4) is 0 Å². The van der Waals surface area contributed by atoms with Gasteiger partial charge in [-0.15, -0.1) is 0 Å². The lowest BCUT2D eigenvalue weighted by atomic mass is 9.93. The Balaban J connectivity index is 0.000000745. The first kappa shape index (κ1) is 17.9. The molecule has 0 aliphatic carbocycles. The van der Waals surface area contributed by atoms with Crippen LogP contribution in [0.2, 0.25) is 0 Å². The SMILES string of the molecule is CCC1Cc2ccccc2CN1C(=O)OC(C)(C)C.O=C=O. The third-order valence-corrected chi connectivity index (χ3v) is 3.45. The summed E-state index contributed by atoms with van der Waals surface area (Å²) in [5.74, 6) is 0. The van der Waals surface area contributed by atoms with Gasteiger partial charge in [-0.3, -0.25) is 0 Å². The maximum atomic E-state index is 12.3. The van der Waals surface area contributed by atoms with Crippen LogP contribution < -0.4 is 0 Å². The van der Waals surface area contributed by atoms with E-state index in [1.165, 1.54) is 11.1 Å². The molecule has 0 saturated heterocycles. The normalized spacial score (nSPS) is 16.7. The summed E-state index contributed by atoms with van der Waals surface area (Å²) in [6.07, 6.45) is 1.92. The number of hydrogen-bond donors (Lipinski definition) is 0. The summed E-state index contributed by atoms with van der Waals surface area (Å²) in [7, 11) is 0. The standard InChI is InChI=1S/C16H23NO2.CO2/c1-5-14-10-12-8-6-7-9-13(12)11-17(14)15(18)19-16(2,3)4;2-1-3/h6-9,14H,5,10-11H2,1-4H3;. The molecule has 5 nitrogen and oxygen atoms in total. The van der Waals surface area contributed by atoms with E-state index < -0.39 is 5.60 Å². The highest BCUT2D eigenvalue weighted by molar-refractivity contribution is 5.69. The first-order valence-corrected chi connectivity index (χ1v) is 7.38. The van der Waals surface area contributed by atoms with Gasteiger partial charge in [-0.25, -0.2) is 4.79 Å². The molecule has 0 radical (unpaired) electrons. The Morgan fingerprint density at radius 2 is 1.82 bits per heavy atom. The van der Waals surface area contributed by atoms with Gasteiger partial charge in [-0.1, -0.05) is 31.2 Å². The van der Waals surface area contributed by atoms with E-state index in [1.807, 2.05) is 31.7 Å². The second-order valence-corrected chi connectivity index (χ2v) is 6.23. The van der Waals surface area contributed by atoms with Crippen LogP contribution in [0.5, 0.6) is 0 Å². The fourth-order valence-electron chi connectivity index (χ4n) is 2.49. The lowest BCUT2D eigenvalue weighted by molar-refractivity contribution is -0.191. The van der Waals surface area contributed by atoms with Crippen molar-refractivity contribution in [1.82, 2.24) is 4.90 Å². The van der Waals surface area contributed by atoms with Gasteiger partial charge in [0.2, 0.25) is 0 Å². The number of hydrogen-bond acceptors (Lipinski definition) is 4. The van der Waals surface area contributed by atoms with Crippen molar-refractivity contribution in [3.63, 3.8) is 0 Å². The molecule has 1 aromatic rings. The van der Waals surface area contributed by atoms with Crippen molar-refractivity contribution in [3.05, 3.63) is 35.4 Å². The van der Waals surface area contributed by atoms with Crippen molar-refractivity contribution in [2.24, 2.45) is 0 Å². The summed E-state index contributed by atoms with van der Waals surface area (Å²) in [6, 6.07) is 8.58. The number of amides is 1. The molecule has 0 aromatic heterocycles. The van der Waals surface area contributed by atoms with E-state index in [1.54, 1.807) is 0 Å². The molecule has 0 N–H and O–H groups in total. The Bertz CT molecular complexity index is 542. The van der Waals surface area contributed by atoms with Crippen LogP contribution in [0, 0.1) is 0 Å². The van der Waals surface area contributed by atoms with Gasteiger partial charge in [0, 0.05) is 12.6 Å². The van der Waals surface area contributed by atoms with Crippen LogP contribution in [0.1, 0.15) is 45.2 Å². The van der Waals surface area contributed by atoms with E-state index in [0.717, 1.165) is 12.8 Å². The Kier molecular flexibility index (Phi) is 6.32. The number of nitrogens with zero attached hydrogens (tertiary/aromatic N) is 1. The molecule has 22 heavy (non-hydrogen) atoms. The first-order chi connectivity index (χ1) is 10.3. The van der Waals surface area contributed by atoms with Gasteiger partial charge < -0.3 is 9.64 Å². The van der Waals surface area contributed by atoms with Crippen LogP contribution in [0.3, 0.4) is 0 Å². The molecule has 1 atom stereocenters. The van der Waals surface area contributed by atoms with E-state index in [9.17, 15) is 4.79 Å². The minimum Gasteiger partial charge on any atom is -0.444 e. The molecule has 1 unspecified atom stereocenters. The van der Waals surface area contributed by atoms with Crippen LogP contribution in [0.4, 0.5) is 4.79 Å². The molecule has 1 amide bonds. The van der Waals surface area contributed by atoms with Crippen molar-refractivity contribution in [1.29, 1.82) is 0 Å². The number of ether oxygens (including phenoxy) is 1. The van der Waals surface area contributed by atoms with Gasteiger partial charge in [0.05, 0.1) is 0 Å². The van der Waals surface area contributed by atoms with Crippen molar-refractivity contribution < 1.29 is 19.1 Å². The summed E-state index contributed by atoms with van der Waals surface area (Å²) in [5.41, 5.74) is 2.15. The van der Waals surface area contributed by atoms with E-state index in [2.05, 4.69) is 25.1 Å². The molecule has 1 aromatic carbocycles. The molecular formula is C17H23NO4. The second-order valence-electron chi connectivity index (χ2n) is 6.23. The molecule has 1 heterocycles. The number of benzene rings is 1. The van der Waals surface area contributed by atoms with Crippen molar-refractivity contribution >= 4 is 12.2 Å². The van der Waals surface area contributed by atoms with Gasteiger partial charge >= 0.3 is 12.2 Å². The zero-order valence-electron chi connectivity index (χ0n) is 13.6. The maximum absolute atomic E-state index is 12.3. The largest absolute Gasteiger partial charge is 0.444 e. The number of carbonyl (C=O) groups excluding carboxylic acids is 3. The first-order valence-electron chi connectivity index (χ1n) is 7.38. The van der Waals surface area contributed by atoms with E-state index in [0.29, 0.717) is 6.54 Å². The fourth-order valence-corrected chi connectivity index (χ4v) is 2.49. The minimum absolute atomic E-state index is 0.200. The van der Waals surface area contributed by atoms with Gasteiger partial charge in [-0.05, 0) is 44.7 Å². The van der Waals surface area contributed by atoms with Gasteiger partial charge in [-0.2, -0.15) is 9.59 Å². The third-order valence-electron chi connectivity index (χ3n) is 3.45. The molecule has 0 bridgehead atoms. The average molecular weight is 305 g/mol. The molecule has 5 heteroatoms. The Hall–Kier alpha value is -2.13. The monoisotopic (exact) mass is 305 g/mol. The molecule has 2 rings (SSSR count). The van der Waals surface area contributed by atoms with Crippen LogP contribution >= 0.6 is 0 Å². The molecule has 1 aliphatic heterocycles. The number of carbonyl (C=O) groups is 1. The molecular weight excluding hydrogens is 282 g/mol. The van der Waals surface area contributed by atoms with E-state index in [-0.39, 0.29) is 18.3 Å². The quantitative estimate of drug-likeness (QED) is 0.799. The number of fused-ring (bicyclic) bond motifs is 1. The van der Waals surface area contributed by atoms with Crippen LogP contribution in [0.25, 0.3) is 0 Å². The zero-order chi connectivity index (χ0) is 16.8. The Labute approximate surface area is 131 Å². The fraction of sp³-hybridized carbons (Fsp3) is 0.529. The summed E-state index contributed by atoms with van der Waals surface area (Å²) in [5, 5.41) is 0. The molecule has 0 spiro atoms. The molecule has 0 fully saturated rings. The zero-order valence-corrected chi connectivity index (χ0v) is 13.6. The van der Waals surface area contributed by atoms with Crippen LogP contribution in [0.15, 0.2) is 24.3 Å². The lowest BCUT2D eigenvalue weighted by Gasteiger charge is -2.37. The summed E-state index contributed by atoms with van der Waals surface area (Å²) < 4.78 is 5.51. The van der Waals surface area contributed by atoms with Crippen LogP contribution in [-0.2, 0) is 27.3 Å². The summed E-state index contributed by atoms with van der Waals surface area (Å²) >= 11 is 0. The van der Waals surface area contributed by atoms with Gasteiger partial charge in [0.1, 0.15) is 5.60 Å². The molecule has 120 valence electrons. The van der Waals surface area contributed by atoms with Crippen molar-refractivity contribution in [2.75, 3.05) is 0 Å².